The molecule has 14 unspecified atom stereocenters. The summed E-state index contributed by atoms with van der Waals surface area (Å²) in [6.07, 6.45) is 5.83. The second-order valence-corrected chi connectivity index (χ2v) is 20.8. The van der Waals surface area contributed by atoms with E-state index in [2.05, 4.69) is 20.1 Å². The molecule has 0 saturated heterocycles. The molecule has 9 heteroatoms. The molecule has 0 amide bonds. The molecule has 288 valence electrons. The Bertz CT molecular complexity index is 2020. The molecule has 0 aromatic carbocycles. The fourth-order valence-corrected chi connectivity index (χ4v) is 14.8. The number of rotatable bonds is 5. The molecule has 7 fully saturated rings. The summed E-state index contributed by atoms with van der Waals surface area (Å²) in [5, 5.41) is 9.92. The largest absolute Gasteiger partial charge is 0.481 e. The second-order valence-electron chi connectivity index (χ2n) is 20.8. The summed E-state index contributed by atoms with van der Waals surface area (Å²) < 4.78 is 12.3. The number of carboxylic acid groups (broad SMARTS) is 1. The third-order valence-electron chi connectivity index (χ3n) is 18.3. The first-order chi connectivity index (χ1) is 25.0. The Kier molecular flexibility index (Phi) is 7.08. The van der Waals surface area contributed by atoms with Crippen LogP contribution in [0.5, 0.6) is 0 Å². The minimum atomic E-state index is -0.918. The van der Waals surface area contributed by atoms with Crippen molar-refractivity contribution in [3.63, 3.8) is 0 Å². The molecule has 7 saturated carbocycles. The number of hydrogen-bond acceptors (Lipinski definition) is 8. The predicted molar refractivity (Wildman–Crippen MR) is 196 cm³/mol. The van der Waals surface area contributed by atoms with E-state index in [1.54, 1.807) is 6.92 Å². The van der Waals surface area contributed by atoms with E-state index in [1.165, 1.54) is 0 Å². The molecule has 1 N–H and O–H groups in total. The summed E-state index contributed by atoms with van der Waals surface area (Å²) in [7, 11) is 0. The number of carbonyl (C=O) groups is 6. The smallest absolute Gasteiger partial charge is 0.317 e. The van der Waals surface area contributed by atoms with Gasteiger partial charge in [0.25, 0.3) is 0 Å². The fourth-order valence-electron chi connectivity index (χ4n) is 14.8. The van der Waals surface area contributed by atoms with E-state index < -0.39 is 39.0 Å². The molecule has 0 aliphatic heterocycles. The standard InChI is InChI=1S/C45H54O9/c1-20-32(46)13-26-10-23-15-41(5,18-29(23)43(20,26)7)38(51)53-36-28-12-25-16-42(6,19-31(25)45(28,9)22(3)34(36)48)39(52)54-35-27-11-24-14-40(4,37(49)50)17-30(24)44(27,8)21(2)33(35)47/h20,23-26,29-31H,2-3,10-19H2,1,4-9H3,(H,49,50). The Morgan fingerprint density at radius 1 is 0.630 bits per heavy atom. The number of allylic oxidation sites excluding steroid dienone is 4. The molecule has 9 aliphatic rings. The van der Waals surface area contributed by atoms with Gasteiger partial charge in [0.05, 0.1) is 16.2 Å². The van der Waals surface area contributed by atoms with Crippen molar-refractivity contribution in [2.75, 3.05) is 0 Å². The molecule has 0 radical (unpaired) electrons. The van der Waals surface area contributed by atoms with Gasteiger partial charge in [0, 0.05) is 34.3 Å². The molecule has 0 spiro atoms. The Labute approximate surface area is 317 Å². The lowest BCUT2D eigenvalue weighted by molar-refractivity contribution is -0.152. The SMILES string of the molecule is C=C1C(=O)C(OC(=O)C2(C)CC3CC4=C(OC(=O)C5(C)CC6CC7CC(=O)C(C)C7(C)C6C5)C(=O)C(=C)C4(C)C3C2)=C2CC3CC(C)(C(=O)O)CC3C12C. The Hall–Kier alpha value is -3.62. The van der Waals surface area contributed by atoms with E-state index in [9.17, 15) is 33.9 Å². The van der Waals surface area contributed by atoms with Crippen molar-refractivity contribution in [2.24, 2.45) is 79.8 Å². The highest BCUT2D eigenvalue weighted by Gasteiger charge is 2.68. The summed E-state index contributed by atoms with van der Waals surface area (Å²) in [5.41, 5.74) is -1.79. The zero-order chi connectivity index (χ0) is 39.0. The molecular weight excluding hydrogens is 684 g/mol. The van der Waals surface area contributed by atoms with Crippen LogP contribution < -0.4 is 0 Å². The first-order valence-electron chi connectivity index (χ1n) is 20.2. The molecule has 9 rings (SSSR count). The lowest BCUT2D eigenvalue weighted by atomic mass is 9.67. The van der Waals surface area contributed by atoms with Gasteiger partial charge >= 0.3 is 17.9 Å². The van der Waals surface area contributed by atoms with Gasteiger partial charge in [-0.1, -0.05) is 40.9 Å². The van der Waals surface area contributed by atoms with Crippen LogP contribution in [0.15, 0.2) is 47.0 Å². The molecule has 54 heavy (non-hydrogen) atoms. The number of ether oxygens (including phenoxy) is 2. The monoisotopic (exact) mass is 738 g/mol. The van der Waals surface area contributed by atoms with Gasteiger partial charge in [-0.25, -0.2) is 0 Å². The third-order valence-corrected chi connectivity index (χ3v) is 18.3. The van der Waals surface area contributed by atoms with Gasteiger partial charge in [-0.3, -0.25) is 28.8 Å². The average molecular weight is 739 g/mol. The number of carboxylic acids is 1. The Morgan fingerprint density at radius 2 is 1.06 bits per heavy atom. The minimum Gasteiger partial charge on any atom is -0.481 e. The molecule has 9 nitrogen and oxygen atoms in total. The topological polar surface area (TPSA) is 141 Å². The van der Waals surface area contributed by atoms with Crippen LogP contribution in [0.1, 0.15) is 113 Å². The Balaban J connectivity index is 0.924. The van der Waals surface area contributed by atoms with Crippen molar-refractivity contribution in [3.05, 3.63) is 47.0 Å². The highest BCUT2D eigenvalue weighted by Crippen LogP contribution is 2.71. The van der Waals surface area contributed by atoms with Crippen LogP contribution in [0.25, 0.3) is 0 Å². The van der Waals surface area contributed by atoms with Crippen LogP contribution in [0.3, 0.4) is 0 Å². The van der Waals surface area contributed by atoms with Crippen LogP contribution in [0.2, 0.25) is 0 Å². The maximum absolute atomic E-state index is 14.2. The van der Waals surface area contributed by atoms with Crippen molar-refractivity contribution in [1.29, 1.82) is 0 Å². The maximum Gasteiger partial charge on any atom is 0.317 e. The number of carbonyl (C=O) groups excluding carboxylic acids is 5. The van der Waals surface area contributed by atoms with Crippen molar-refractivity contribution < 1.29 is 43.3 Å². The van der Waals surface area contributed by atoms with Crippen molar-refractivity contribution in [3.8, 4) is 0 Å². The van der Waals surface area contributed by atoms with Crippen LogP contribution in [0.4, 0.5) is 0 Å². The van der Waals surface area contributed by atoms with Crippen LogP contribution in [0, 0.1) is 79.8 Å². The molecule has 14 atom stereocenters. The van der Waals surface area contributed by atoms with E-state index in [1.807, 2.05) is 34.6 Å². The number of hydrogen-bond donors (Lipinski definition) is 1. The van der Waals surface area contributed by atoms with E-state index in [0.29, 0.717) is 86.6 Å². The molecule has 9 aliphatic carbocycles. The Morgan fingerprint density at radius 3 is 1.54 bits per heavy atom. The van der Waals surface area contributed by atoms with Crippen LogP contribution in [-0.2, 0) is 38.2 Å². The molecule has 0 aromatic heterocycles. The predicted octanol–water partition coefficient (Wildman–Crippen LogP) is 7.50. The molecule has 0 heterocycles. The van der Waals surface area contributed by atoms with Gasteiger partial charge in [-0.05, 0) is 137 Å². The van der Waals surface area contributed by atoms with Crippen LogP contribution in [-0.4, -0.2) is 40.4 Å². The van der Waals surface area contributed by atoms with Crippen molar-refractivity contribution in [1.82, 2.24) is 0 Å². The minimum absolute atomic E-state index is 0.0163. The van der Waals surface area contributed by atoms with Crippen LogP contribution >= 0.6 is 0 Å². The summed E-state index contributed by atoms with van der Waals surface area (Å²) in [6, 6.07) is 0. The summed E-state index contributed by atoms with van der Waals surface area (Å²) in [4.78, 5) is 80.6. The van der Waals surface area contributed by atoms with E-state index in [0.717, 1.165) is 17.6 Å². The van der Waals surface area contributed by atoms with Crippen molar-refractivity contribution in [2.45, 2.75) is 113 Å². The van der Waals surface area contributed by atoms with E-state index in [-0.39, 0.29) is 70.0 Å². The second kappa shape index (κ2) is 10.6. The molecule has 0 bridgehead atoms. The van der Waals surface area contributed by atoms with Gasteiger partial charge in [0.15, 0.2) is 11.5 Å². The lowest BCUT2D eigenvalue weighted by Crippen LogP contribution is -2.35. The van der Waals surface area contributed by atoms with Gasteiger partial charge < -0.3 is 14.6 Å². The summed E-state index contributed by atoms with van der Waals surface area (Å²) in [5.74, 6) is -0.954. The first-order valence-corrected chi connectivity index (χ1v) is 20.2. The zero-order valence-electron chi connectivity index (χ0n) is 32.8. The quantitative estimate of drug-likeness (QED) is 0.224. The number of ketones is 3. The number of esters is 2. The number of aliphatic carboxylic acids is 1. The van der Waals surface area contributed by atoms with Crippen molar-refractivity contribution >= 4 is 35.3 Å². The van der Waals surface area contributed by atoms with Gasteiger partial charge in [-0.2, -0.15) is 0 Å². The zero-order valence-corrected chi connectivity index (χ0v) is 32.8. The van der Waals surface area contributed by atoms with E-state index >= 15 is 0 Å². The maximum atomic E-state index is 14.2. The van der Waals surface area contributed by atoms with Gasteiger partial charge in [0.2, 0.25) is 11.6 Å². The average Bonchev–Trinajstić information content (AvgIpc) is 3.97. The molecular formula is C45H54O9. The molecule has 0 aromatic rings. The number of Topliss-reactive ketones (excluding diaryl/α,β-unsaturated/α-hetero) is 3. The fraction of sp³-hybridized carbons (Fsp3) is 0.689. The number of fused-ring (bicyclic) bond motifs is 9. The van der Waals surface area contributed by atoms with Gasteiger partial charge in [0.1, 0.15) is 5.78 Å². The van der Waals surface area contributed by atoms with E-state index in [4.69, 9.17) is 9.47 Å². The normalized spacial score (nSPS) is 49.8. The summed E-state index contributed by atoms with van der Waals surface area (Å²) in [6.45, 7) is 22.2. The highest BCUT2D eigenvalue weighted by atomic mass is 16.5. The summed E-state index contributed by atoms with van der Waals surface area (Å²) >= 11 is 0. The first kappa shape index (κ1) is 36.0. The third kappa shape index (κ3) is 4.12. The lowest BCUT2D eigenvalue weighted by Gasteiger charge is -2.36. The van der Waals surface area contributed by atoms with Gasteiger partial charge in [-0.15, -0.1) is 0 Å². The highest BCUT2D eigenvalue weighted by molar-refractivity contribution is 6.14.